The van der Waals surface area contributed by atoms with Gasteiger partial charge in [-0.2, -0.15) is 0 Å². The van der Waals surface area contributed by atoms with Crippen LogP contribution in [0, 0.1) is 0 Å². The molecule has 0 saturated heterocycles. The molecule has 1 aromatic heterocycles. The number of hydrogen-bond donors (Lipinski definition) is 2. The summed E-state index contributed by atoms with van der Waals surface area (Å²) in [6.07, 6.45) is -0.389. The van der Waals surface area contributed by atoms with Crippen molar-refractivity contribution in [3.63, 3.8) is 0 Å². The minimum Gasteiger partial charge on any atom is -0.481 e. The first-order valence-corrected chi connectivity index (χ1v) is 10.4. The van der Waals surface area contributed by atoms with Crippen LogP contribution in [-0.4, -0.2) is 19.5 Å². The average molecular weight is 403 g/mol. The Hall–Kier alpha value is -2.68. The molecule has 0 saturated carbocycles. The second-order valence-corrected chi connectivity index (χ2v) is 8.58. The van der Waals surface area contributed by atoms with E-state index in [-0.39, 0.29) is 10.6 Å². The van der Waals surface area contributed by atoms with Gasteiger partial charge in [0.1, 0.15) is 15.7 Å². The molecule has 2 N–H and O–H groups in total. The summed E-state index contributed by atoms with van der Waals surface area (Å²) in [6.45, 7) is 0. The highest BCUT2D eigenvalue weighted by molar-refractivity contribution is 7.91. The summed E-state index contributed by atoms with van der Waals surface area (Å²) < 4.78 is 33.4. The Morgan fingerprint density at radius 2 is 1.78 bits per heavy atom. The van der Waals surface area contributed by atoms with Gasteiger partial charge in [-0.05, 0) is 41.3 Å². The molecule has 0 aliphatic carbocycles. The number of carbonyl (C=O) groups is 1. The molecule has 1 heterocycles. The standard InChI is InChI=1S/C19H17NO5S2/c21-18(22)13-17(20-27(23,24)19-10-5-11-26-19)14-6-4-9-16(12-14)25-15-7-2-1-3-8-15/h1-12,17,20H,13H2,(H,21,22). The number of nitrogens with one attached hydrogen (secondary N) is 1. The van der Waals surface area contributed by atoms with Crippen molar-refractivity contribution in [2.24, 2.45) is 0 Å². The molecule has 0 radical (unpaired) electrons. The van der Waals surface area contributed by atoms with E-state index in [9.17, 15) is 18.3 Å². The van der Waals surface area contributed by atoms with Crippen molar-refractivity contribution in [3.8, 4) is 11.5 Å². The Morgan fingerprint density at radius 3 is 2.44 bits per heavy atom. The summed E-state index contributed by atoms with van der Waals surface area (Å²) in [5.41, 5.74) is 0.506. The third-order valence-corrected chi connectivity index (χ3v) is 6.54. The van der Waals surface area contributed by atoms with Gasteiger partial charge in [0, 0.05) is 0 Å². The first-order valence-electron chi connectivity index (χ1n) is 8.04. The number of thiophene rings is 1. The lowest BCUT2D eigenvalue weighted by molar-refractivity contribution is -0.137. The van der Waals surface area contributed by atoms with Crippen LogP contribution in [0.2, 0.25) is 0 Å². The lowest BCUT2D eigenvalue weighted by Crippen LogP contribution is -2.29. The lowest BCUT2D eigenvalue weighted by Gasteiger charge is -2.18. The van der Waals surface area contributed by atoms with E-state index >= 15 is 0 Å². The van der Waals surface area contributed by atoms with E-state index in [0.29, 0.717) is 17.1 Å². The molecule has 3 rings (SSSR count). The molecule has 0 aliphatic heterocycles. The maximum atomic E-state index is 12.5. The van der Waals surface area contributed by atoms with Crippen LogP contribution < -0.4 is 9.46 Å². The molecule has 6 nitrogen and oxygen atoms in total. The van der Waals surface area contributed by atoms with Crippen molar-refractivity contribution in [1.82, 2.24) is 4.72 Å². The summed E-state index contributed by atoms with van der Waals surface area (Å²) in [7, 11) is -3.82. The topological polar surface area (TPSA) is 92.7 Å². The smallest absolute Gasteiger partial charge is 0.305 e. The van der Waals surface area contributed by atoms with Crippen molar-refractivity contribution in [1.29, 1.82) is 0 Å². The van der Waals surface area contributed by atoms with E-state index < -0.39 is 22.0 Å². The van der Waals surface area contributed by atoms with E-state index in [1.165, 1.54) is 6.07 Å². The Balaban J connectivity index is 1.87. The molecule has 2 aromatic carbocycles. The van der Waals surface area contributed by atoms with Gasteiger partial charge in [-0.3, -0.25) is 4.79 Å². The monoisotopic (exact) mass is 403 g/mol. The van der Waals surface area contributed by atoms with Crippen LogP contribution in [-0.2, 0) is 14.8 Å². The number of para-hydroxylation sites is 1. The highest BCUT2D eigenvalue weighted by Gasteiger charge is 2.24. The minimum atomic E-state index is -3.82. The van der Waals surface area contributed by atoms with E-state index in [0.717, 1.165) is 11.3 Å². The minimum absolute atomic E-state index is 0.134. The number of aliphatic carboxylic acids is 1. The van der Waals surface area contributed by atoms with Gasteiger partial charge in [0.05, 0.1) is 12.5 Å². The summed E-state index contributed by atoms with van der Waals surface area (Å²) >= 11 is 1.07. The van der Waals surface area contributed by atoms with Crippen LogP contribution >= 0.6 is 11.3 Å². The third kappa shape index (κ3) is 5.16. The summed E-state index contributed by atoms with van der Waals surface area (Å²) in [5.74, 6) is 0.0104. The zero-order valence-electron chi connectivity index (χ0n) is 14.1. The fraction of sp³-hybridized carbons (Fsp3) is 0.105. The second-order valence-electron chi connectivity index (χ2n) is 5.69. The molecule has 0 spiro atoms. The van der Waals surface area contributed by atoms with Crippen molar-refractivity contribution in [2.75, 3.05) is 0 Å². The van der Waals surface area contributed by atoms with Crippen molar-refractivity contribution < 1.29 is 23.1 Å². The summed E-state index contributed by atoms with van der Waals surface area (Å²) in [4.78, 5) is 11.3. The Kier molecular flexibility index (Phi) is 5.90. The number of sulfonamides is 1. The largest absolute Gasteiger partial charge is 0.481 e. The fourth-order valence-electron chi connectivity index (χ4n) is 2.48. The highest BCUT2D eigenvalue weighted by atomic mass is 32.2. The molecule has 1 atom stereocenters. The molecule has 8 heteroatoms. The molecule has 140 valence electrons. The van der Waals surface area contributed by atoms with Gasteiger partial charge in [0.2, 0.25) is 0 Å². The van der Waals surface area contributed by atoms with E-state index in [1.54, 1.807) is 47.8 Å². The lowest BCUT2D eigenvalue weighted by atomic mass is 10.0. The number of ether oxygens (including phenoxy) is 1. The normalized spacial score (nSPS) is 12.4. The molecule has 0 amide bonds. The van der Waals surface area contributed by atoms with Gasteiger partial charge in [-0.1, -0.05) is 36.4 Å². The van der Waals surface area contributed by atoms with Crippen LogP contribution in [0.25, 0.3) is 0 Å². The Bertz CT molecular complexity index is 1000. The number of hydrogen-bond acceptors (Lipinski definition) is 5. The zero-order chi connectivity index (χ0) is 19.3. The van der Waals surface area contributed by atoms with E-state index in [4.69, 9.17) is 4.74 Å². The van der Waals surface area contributed by atoms with Crippen molar-refractivity contribution in [2.45, 2.75) is 16.7 Å². The molecule has 3 aromatic rings. The van der Waals surface area contributed by atoms with Gasteiger partial charge in [0.25, 0.3) is 10.0 Å². The average Bonchev–Trinajstić information content (AvgIpc) is 3.17. The van der Waals surface area contributed by atoms with Crippen LogP contribution in [0.15, 0.2) is 76.3 Å². The first kappa shape index (κ1) is 19.1. The van der Waals surface area contributed by atoms with Crippen LogP contribution in [0.4, 0.5) is 0 Å². The molecule has 27 heavy (non-hydrogen) atoms. The van der Waals surface area contributed by atoms with Crippen LogP contribution in [0.1, 0.15) is 18.0 Å². The number of carboxylic acids is 1. The highest BCUT2D eigenvalue weighted by Crippen LogP contribution is 2.27. The predicted octanol–water partition coefficient (Wildman–Crippen LogP) is 4.03. The third-order valence-electron chi connectivity index (χ3n) is 3.68. The Morgan fingerprint density at radius 1 is 1.04 bits per heavy atom. The zero-order valence-corrected chi connectivity index (χ0v) is 15.7. The molecule has 0 fully saturated rings. The number of benzene rings is 2. The van der Waals surface area contributed by atoms with Gasteiger partial charge >= 0.3 is 5.97 Å². The van der Waals surface area contributed by atoms with Gasteiger partial charge in [-0.15, -0.1) is 11.3 Å². The van der Waals surface area contributed by atoms with Gasteiger partial charge in [-0.25, -0.2) is 13.1 Å². The van der Waals surface area contributed by atoms with E-state index in [2.05, 4.69) is 4.72 Å². The molecule has 0 bridgehead atoms. The predicted molar refractivity (Wildman–Crippen MR) is 103 cm³/mol. The fourth-order valence-corrected chi connectivity index (χ4v) is 4.72. The first-order chi connectivity index (χ1) is 12.9. The molecule has 1 unspecified atom stereocenters. The van der Waals surface area contributed by atoms with E-state index in [1.807, 2.05) is 18.2 Å². The summed E-state index contributed by atoms with van der Waals surface area (Å²) in [6, 6.07) is 18.0. The maximum Gasteiger partial charge on any atom is 0.305 e. The van der Waals surface area contributed by atoms with Gasteiger partial charge < -0.3 is 9.84 Å². The van der Waals surface area contributed by atoms with Gasteiger partial charge in [0.15, 0.2) is 0 Å². The number of carboxylic acid groups (broad SMARTS) is 1. The molecule has 0 aliphatic rings. The maximum absolute atomic E-state index is 12.5. The molecular weight excluding hydrogens is 386 g/mol. The Labute approximate surface area is 161 Å². The van der Waals surface area contributed by atoms with Crippen molar-refractivity contribution >= 4 is 27.3 Å². The second kappa shape index (κ2) is 8.34. The quantitative estimate of drug-likeness (QED) is 0.592. The molecular formula is C19H17NO5S2. The van der Waals surface area contributed by atoms with Crippen LogP contribution in [0.5, 0.6) is 11.5 Å². The SMILES string of the molecule is O=C(O)CC(NS(=O)(=O)c1cccs1)c1cccc(Oc2ccccc2)c1. The van der Waals surface area contributed by atoms with Crippen molar-refractivity contribution in [3.05, 3.63) is 77.7 Å². The van der Waals surface area contributed by atoms with Crippen LogP contribution in [0.3, 0.4) is 0 Å². The summed E-state index contributed by atoms with van der Waals surface area (Å²) in [5, 5.41) is 10.9. The number of rotatable bonds is 8.